The van der Waals surface area contributed by atoms with E-state index >= 15 is 0 Å². The Morgan fingerprint density at radius 2 is 1.78 bits per heavy atom. The van der Waals surface area contributed by atoms with Crippen molar-refractivity contribution < 1.29 is 0 Å². The van der Waals surface area contributed by atoms with Crippen LogP contribution in [-0.4, -0.2) is 14.7 Å². The lowest BCUT2D eigenvalue weighted by molar-refractivity contribution is 0.517. The summed E-state index contributed by atoms with van der Waals surface area (Å²) in [4.78, 5) is 11.8. The summed E-state index contributed by atoms with van der Waals surface area (Å²) < 4.78 is 3.17. The van der Waals surface area contributed by atoms with Gasteiger partial charge in [-0.15, -0.1) is 0 Å². The molecule has 18 heavy (non-hydrogen) atoms. The van der Waals surface area contributed by atoms with Gasteiger partial charge in [0.1, 0.15) is 0 Å². The monoisotopic (exact) mass is 245 g/mol. The molecule has 0 bridgehead atoms. The van der Waals surface area contributed by atoms with Crippen molar-refractivity contribution >= 4 is 0 Å². The maximum atomic E-state index is 11.8. The van der Waals surface area contributed by atoms with E-state index in [0.717, 1.165) is 12.1 Å². The number of aryl methyl sites for hydroxylation is 1. The molecule has 0 radical (unpaired) electrons. The smallest absolute Gasteiger partial charge is 0.325 e. The highest BCUT2D eigenvalue weighted by molar-refractivity contribution is 5.35. The molecular formula is C14H19N3O. The van der Waals surface area contributed by atoms with E-state index in [0.29, 0.717) is 0 Å². The van der Waals surface area contributed by atoms with Crippen molar-refractivity contribution in [2.45, 2.75) is 25.8 Å². The largest absolute Gasteiger partial charge is 0.332 e. The fourth-order valence-corrected chi connectivity index (χ4v) is 1.96. The van der Waals surface area contributed by atoms with Gasteiger partial charge < -0.3 is 10.3 Å². The molecule has 1 aromatic carbocycles. The fraction of sp³-hybridized carbons (Fsp3) is 0.357. The Kier molecular flexibility index (Phi) is 3.13. The molecule has 0 aliphatic heterocycles. The molecule has 4 heteroatoms. The molecule has 0 saturated heterocycles. The van der Waals surface area contributed by atoms with E-state index in [4.69, 9.17) is 5.73 Å². The van der Waals surface area contributed by atoms with E-state index in [9.17, 15) is 4.79 Å². The summed E-state index contributed by atoms with van der Waals surface area (Å²) in [6.45, 7) is 4.01. The van der Waals surface area contributed by atoms with E-state index in [1.165, 1.54) is 5.56 Å². The van der Waals surface area contributed by atoms with Crippen molar-refractivity contribution in [1.82, 2.24) is 9.13 Å². The molecule has 2 aromatic rings. The van der Waals surface area contributed by atoms with E-state index < -0.39 is 0 Å². The second-order valence-corrected chi connectivity index (χ2v) is 5.39. The maximum absolute atomic E-state index is 11.8. The molecule has 0 aliphatic rings. The molecule has 0 spiro atoms. The van der Waals surface area contributed by atoms with Gasteiger partial charge in [0.2, 0.25) is 0 Å². The number of imidazole rings is 1. The second kappa shape index (κ2) is 4.46. The van der Waals surface area contributed by atoms with Crippen LogP contribution in [0.4, 0.5) is 0 Å². The minimum Gasteiger partial charge on any atom is -0.325 e. The Labute approximate surface area is 107 Å². The topological polar surface area (TPSA) is 52.9 Å². The van der Waals surface area contributed by atoms with Gasteiger partial charge >= 0.3 is 5.69 Å². The van der Waals surface area contributed by atoms with Crippen molar-refractivity contribution in [3.63, 3.8) is 0 Å². The second-order valence-electron chi connectivity index (χ2n) is 5.39. The Hall–Kier alpha value is -1.81. The summed E-state index contributed by atoms with van der Waals surface area (Å²) >= 11 is 0. The highest BCUT2D eigenvalue weighted by Gasteiger charge is 2.11. The zero-order valence-electron chi connectivity index (χ0n) is 11.1. The Balaban J connectivity index is 2.28. The Morgan fingerprint density at radius 1 is 1.17 bits per heavy atom. The molecule has 4 nitrogen and oxygen atoms in total. The summed E-state index contributed by atoms with van der Waals surface area (Å²) in [6, 6.07) is 7.93. The van der Waals surface area contributed by atoms with Gasteiger partial charge in [0.15, 0.2) is 0 Å². The predicted octanol–water partition coefficient (Wildman–Crippen LogP) is 1.46. The van der Waals surface area contributed by atoms with Crippen LogP contribution in [0.25, 0.3) is 5.69 Å². The summed E-state index contributed by atoms with van der Waals surface area (Å²) in [6.07, 6.45) is 4.33. The lowest BCUT2D eigenvalue weighted by atomic mass is 9.96. The van der Waals surface area contributed by atoms with Gasteiger partial charge in [0.05, 0.1) is 5.69 Å². The van der Waals surface area contributed by atoms with Crippen molar-refractivity contribution in [3.05, 3.63) is 52.7 Å². The third-order valence-electron chi connectivity index (χ3n) is 2.82. The Morgan fingerprint density at radius 3 is 2.22 bits per heavy atom. The average molecular weight is 245 g/mol. The average Bonchev–Trinajstić information content (AvgIpc) is 2.59. The van der Waals surface area contributed by atoms with Crippen LogP contribution in [-0.2, 0) is 13.5 Å². The normalized spacial score (nSPS) is 11.8. The van der Waals surface area contributed by atoms with Gasteiger partial charge in [0, 0.05) is 25.0 Å². The van der Waals surface area contributed by atoms with Gasteiger partial charge in [0.25, 0.3) is 0 Å². The van der Waals surface area contributed by atoms with Crippen LogP contribution >= 0.6 is 0 Å². The first-order valence-corrected chi connectivity index (χ1v) is 5.99. The first kappa shape index (κ1) is 12.6. The lowest BCUT2D eigenvalue weighted by Gasteiger charge is -2.18. The highest BCUT2D eigenvalue weighted by Crippen LogP contribution is 2.13. The van der Waals surface area contributed by atoms with Gasteiger partial charge in [-0.1, -0.05) is 12.1 Å². The van der Waals surface area contributed by atoms with Gasteiger partial charge in [-0.3, -0.25) is 4.57 Å². The number of aromatic nitrogens is 2. The molecule has 0 unspecified atom stereocenters. The standard InChI is InChI=1S/C14H19N3O/c1-14(2,15)10-11-4-6-12(7-5-11)17-9-8-16(3)13(17)18/h4-9H,10,15H2,1-3H3. The molecule has 1 aromatic heterocycles. The van der Waals surface area contributed by atoms with Gasteiger partial charge in [-0.25, -0.2) is 4.79 Å². The number of benzene rings is 1. The summed E-state index contributed by atoms with van der Waals surface area (Å²) in [5.41, 5.74) is 7.78. The van der Waals surface area contributed by atoms with Crippen LogP contribution in [0, 0.1) is 0 Å². The van der Waals surface area contributed by atoms with E-state index in [1.807, 2.05) is 38.1 Å². The number of nitrogens with zero attached hydrogens (tertiary/aromatic N) is 2. The molecule has 2 rings (SSSR count). The number of hydrogen-bond acceptors (Lipinski definition) is 2. The van der Waals surface area contributed by atoms with E-state index in [2.05, 4.69) is 0 Å². The van der Waals surface area contributed by atoms with Gasteiger partial charge in [-0.2, -0.15) is 0 Å². The van der Waals surface area contributed by atoms with Crippen LogP contribution in [0.5, 0.6) is 0 Å². The number of nitrogens with two attached hydrogens (primary N) is 1. The van der Waals surface area contributed by atoms with Crippen molar-refractivity contribution in [1.29, 1.82) is 0 Å². The minimum atomic E-state index is -0.217. The molecular weight excluding hydrogens is 226 g/mol. The molecule has 0 saturated carbocycles. The zero-order chi connectivity index (χ0) is 13.3. The molecule has 0 atom stereocenters. The lowest BCUT2D eigenvalue weighted by Crippen LogP contribution is -2.34. The molecule has 2 N–H and O–H groups in total. The summed E-state index contributed by atoms with van der Waals surface area (Å²) in [5.74, 6) is 0. The number of rotatable bonds is 3. The fourth-order valence-electron chi connectivity index (χ4n) is 1.96. The third-order valence-corrected chi connectivity index (χ3v) is 2.82. The first-order chi connectivity index (χ1) is 8.37. The number of hydrogen-bond donors (Lipinski definition) is 1. The van der Waals surface area contributed by atoms with Gasteiger partial charge in [-0.05, 0) is 38.0 Å². The van der Waals surface area contributed by atoms with Crippen LogP contribution in [0.15, 0.2) is 41.5 Å². The van der Waals surface area contributed by atoms with Crippen molar-refractivity contribution in [3.8, 4) is 5.69 Å². The first-order valence-electron chi connectivity index (χ1n) is 5.99. The molecule has 96 valence electrons. The highest BCUT2D eigenvalue weighted by atomic mass is 16.1. The van der Waals surface area contributed by atoms with Crippen LogP contribution < -0.4 is 11.4 Å². The quantitative estimate of drug-likeness (QED) is 0.890. The SMILES string of the molecule is Cn1ccn(-c2ccc(CC(C)(C)N)cc2)c1=O. The maximum Gasteiger partial charge on any atom is 0.332 e. The summed E-state index contributed by atoms with van der Waals surface area (Å²) in [7, 11) is 1.74. The molecule has 0 aliphatic carbocycles. The minimum absolute atomic E-state index is 0.0399. The van der Waals surface area contributed by atoms with Crippen molar-refractivity contribution in [2.24, 2.45) is 12.8 Å². The third kappa shape index (κ3) is 2.71. The van der Waals surface area contributed by atoms with Crippen LogP contribution in [0.3, 0.4) is 0 Å². The predicted molar refractivity (Wildman–Crippen MR) is 73.0 cm³/mol. The van der Waals surface area contributed by atoms with Crippen LogP contribution in [0.1, 0.15) is 19.4 Å². The van der Waals surface area contributed by atoms with Crippen LogP contribution in [0.2, 0.25) is 0 Å². The van der Waals surface area contributed by atoms with E-state index in [-0.39, 0.29) is 11.2 Å². The van der Waals surface area contributed by atoms with E-state index in [1.54, 1.807) is 28.6 Å². The van der Waals surface area contributed by atoms with Crippen molar-refractivity contribution in [2.75, 3.05) is 0 Å². The molecule has 0 amide bonds. The zero-order valence-corrected chi connectivity index (χ0v) is 11.1. The Bertz CT molecular complexity index is 585. The molecule has 1 heterocycles. The molecule has 0 fully saturated rings. The summed E-state index contributed by atoms with van der Waals surface area (Å²) in [5, 5.41) is 0.